The highest BCUT2D eigenvalue weighted by Gasteiger charge is 2.29. The summed E-state index contributed by atoms with van der Waals surface area (Å²) < 4.78 is 37.5. The van der Waals surface area contributed by atoms with Gasteiger partial charge in [-0.1, -0.05) is 33.8 Å². The summed E-state index contributed by atoms with van der Waals surface area (Å²) in [4.78, 5) is 39.5. The maximum absolute atomic E-state index is 12.9. The van der Waals surface area contributed by atoms with E-state index in [0.717, 1.165) is 0 Å². The second-order valence-corrected chi connectivity index (χ2v) is 10.4. The monoisotopic (exact) mass is 497 g/mol. The largest absolute Gasteiger partial charge is 0.454 e. The normalized spacial score (nSPS) is 17.5. The number of sulfonamides is 1. The Morgan fingerprint density at radius 1 is 1.24 bits per heavy atom. The molecule has 190 valence electrons. The second kappa shape index (κ2) is 12.3. The summed E-state index contributed by atoms with van der Waals surface area (Å²) in [6.07, 6.45) is -0.0857. The van der Waals surface area contributed by atoms with Crippen LogP contribution in [0.25, 0.3) is 0 Å². The van der Waals surface area contributed by atoms with Gasteiger partial charge in [0.25, 0.3) is 11.8 Å². The second-order valence-electron chi connectivity index (χ2n) is 8.44. The summed E-state index contributed by atoms with van der Waals surface area (Å²) in [6, 6.07) is 4.66. The molecule has 1 fully saturated rings. The molecule has 2 atom stereocenters. The first-order valence-electron chi connectivity index (χ1n) is 11.5. The third-order valence-corrected chi connectivity index (χ3v) is 7.62. The Bertz CT molecular complexity index is 977. The number of esters is 1. The minimum absolute atomic E-state index is 0.00198. The zero-order valence-electron chi connectivity index (χ0n) is 20.4. The Hall–Kier alpha value is -2.50. The highest BCUT2D eigenvalue weighted by molar-refractivity contribution is 7.89. The molecule has 1 aliphatic heterocycles. The van der Waals surface area contributed by atoms with Gasteiger partial charge in [-0.15, -0.1) is 0 Å². The standard InChI is InChI=1S/C23H35N3O7S/c1-6-26(7-2)34(30,31)19-10-8-9-18(13-19)22(28)24-21(16(3)4)23(29)33-15-20(27)25-11-12-32-17(5)14-25/h8-10,13,16-17,21H,6-7,11-12,14-15H2,1-5H3,(H,24,28)/t17?,21-/m0/s1. The molecule has 0 aliphatic carbocycles. The molecule has 0 aromatic heterocycles. The Morgan fingerprint density at radius 3 is 2.50 bits per heavy atom. The van der Waals surface area contributed by atoms with Crippen molar-refractivity contribution in [2.75, 3.05) is 39.4 Å². The van der Waals surface area contributed by atoms with E-state index >= 15 is 0 Å². The number of carbonyl (C=O) groups excluding carboxylic acids is 3. The van der Waals surface area contributed by atoms with Gasteiger partial charge in [0.2, 0.25) is 10.0 Å². The minimum Gasteiger partial charge on any atom is -0.454 e. The van der Waals surface area contributed by atoms with Crippen LogP contribution in [0.1, 0.15) is 45.0 Å². The van der Waals surface area contributed by atoms with Crippen molar-refractivity contribution in [2.24, 2.45) is 5.92 Å². The molecule has 0 radical (unpaired) electrons. The van der Waals surface area contributed by atoms with E-state index in [4.69, 9.17) is 9.47 Å². The van der Waals surface area contributed by atoms with Crippen LogP contribution in [-0.4, -0.2) is 86.9 Å². The fraction of sp³-hybridized carbons (Fsp3) is 0.609. The van der Waals surface area contributed by atoms with E-state index in [9.17, 15) is 22.8 Å². The lowest BCUT2D eigenvalue weighted by molar-refractivity contribution is -0.156. The number of morpholine rings is 1. The van der Waals surface area contributed by atoms with Gasteiger partial charge in [-0.2, -0.15) is 4.31 Å². The summed E-state index contributed by atoms with van der Waals surface area (Å²) in [5.74, 6) is -1.99. The number of hydrogen-bond donors (Lipinski definition) is 1. The molecule has 10 nitrogen and oxygen atoms in total. The molecule has 0 bridgehead atoms. The number of benzene rings is 1. The maximum atomic E-state index is 12.9. The molecule has 1 aromatic rings. The summed E-state index contributed by atoms with van der Waals surface area (Å²) in [6.45, 7) is 10.3. The van der Waals surface area contributed by atoms with Gasteiger partial charge in [0.1, 0.15) is 6.04 Å². The van der Waals surface area contributed by atoms with E-state index in [2.05, 4.69) is 5.32 Å². The molecule has 1 unspecified atom stereocenters. The lowest BCUT2D eigenvalue weighted by atomic mass is 10.0. The van der Waals surface area contributed by atoms with Gasteiger partial charge in [0.05, 0.1) is 17.6 Å². The highest BCUT2D eigenvalue weighted by Crippen LogP contribution is 2.17. The molecule has 2 amide bonds. The molecule has 34 heavy (non-hydrogen) atoms. The Balaban J connectivity index is 2.07. The van der Waals surface area contributed by atoms with Crippen LogP contribution < -0.4 is 5.32 Å². The van der Waals surface area contributed by atoms with Gasteiger partial charge in [0, 0.05) is 31.7 Å². The first-order chi connectivity index (χ1) is 16.0. The van der Waals surface area contributed by atoms with Crippen LogP contribution >= 0.6 is 0 Å². The molecule has 1 aromatic carbocycles. The predicted octanol–water partition coefficient (Wildman–Crippen LogP) is 1.26. The number of rotatable bonds is 10. The molecule has 0 saturated carbocycles. The van der Waals surface area contributed by atoms with E-state index in [1.807, 2.05) is 6.92 Å². The van der Waals surface area contributed by atoms with E-state index in [1.165, 1.54) is 28.6 Å². The predicted molar refractivity (Wildman–Crippen MR) is 126 cm³/mol. The third-order valence-electron chi connectivity index (χ3n) is 5.58. The van der Waals surface area contributed by atoms with Crippen molar-refractivity contribution >= 4 is 27.8 Å². The van der Waals surface area contributed by atoms with E-state index < -0.39 is 34.5 Å². The van der Waals surface area contributed by atoms with Crippen molar-refractivity contribution in [1.82, 2.24) is 14.5 Å². The van der Waals surface area contributed by atoms with Crippen molar-refractivity contribution in [3.05, 3.63) is 29.8 Å². The lowest BCUT2D eigenvalue weighted by Gasteiger charge is -2.31. The fourth-order valence-corrected chi connectivity index (χ4v) is 5.10. The Morgan fingerprint density at radius 2 is 1.91 bits per heavy atom. The van der Waals surface area contributed by atoms with Gasteiger partial charge in [0.15, 0.2) is 6.61 Å². The quantitative estimate of drug-likeness (QED) is 0.483. The van der Waals surface area contributed by atoms with Crippen LogP contribution in [0.15, 0.2) is 29.2 Å². The number of amides is 2. The third kappa shape index (κ3) is 7.00. The molecule has 1 heterocycles. The summed E-state index contributed by atoms with van der Waals surface area (Å²) in [5, 5.41) is 2.61. The van der Waals surface area contributed by atoms with Crippen molar-refractivity contribution in [3.63, 3.8) is 0 Å². The number of ether oxygens (including phenoxy) is 2. The molecule has 1 aliphatic rings. The smallest absolute Gasteiger partial charge is 0.329 e. The SMILES string of the molecule is CCN(CC)S(=O)(=O)c1cccc(C(=O)N[C@H](C(=O)OCC(=O)N2CCOC(C)C2)C(C)C)c1. The molecule has 0 spiro atoms. The van der Waals surface area contributed by atoms with Crippen LogP contribution in [0.2, 0.25) is 0 Å². The maximum Gasteiger partial charge on any atom is 0.329 e. The van der Waals surface area contributed by atoms with Gasteiger partial charge < -0.3 is 19.7 Å². The molecule has 1 N–H and O–H groups in total. The minimum atomic E-state index is -3.74. The van der Waals surface area contributed by atoms with E-state index in [0.29, 0.717) is 32.8 Å². The zero-order chi connectivity index (χ0) is 25.5. The van der Waals surface area contributed by atoms with Crippen LogP contribution in [-0.2, 0) is 29.1 Å². The van der Waals surface area contributed by atoms with Gasteiger partial charge in [-0.05, 0) is 31.0 Å². The fourth-order valence-electron chi connectivity index (χ4n) is 3.59. The lowest BCUT2D eigenvalue weighted by Crippen LogP contribution is -2.48. The van der Waals surface area contributed by atoms with Gasteiger partial charge >= 0.3 is 5.97 Å². The molecule has 2 rings (SSSR count). The average Bonchev–Trinajstić information content (AvgIpc) is 2.81. The van der Waals surface area contributed by atoms with E-state index in [-0.39, 0.29) is 28.4 Å². The molecular weight excluding hydrogens is 462 g/mol. The first-order valence-corrected chi connectivity index (χ1v) is 12.9. The summed E-state index contributed by atoms with van der Waals surface area (Å²) in [5.41, 5.74) is 0.102. The van der Waals surface area contributed by atoms with Crippen molar-refractivity contribution < 1.29 is 32.3 Å². The first kappa shape index (κ1) is 27.7. The molecule has 1 saturated heterocycles. The number of hydrogen-bond acceptors (Lipinski definition) is 7. The number of nitrogens with zero attached hydrogens (tertiary/aromatic N) is 2. The van der Waals surface area contributed by atoms with Crippen molar-refractivity contribution in [1.29, 1.82) is 0 Å². The number of carbonyl (C=O) groups is 3. The Labute approximate surface area is 201 Å². The highest BCUT2D eigenvalue weighted by atomic mass is 32.2. The number of nitrogens with one attached hydrogen (secondary N) is 1. The van der Waals surface area contributed by atoms with Gasteiger partial charge in [-0.3, -0.25) is 9.59 Å². The molecule has 11 heteroatoms. The average molecular weight is 498 g/mol. The van der Waals surface area contributed by atoms with Crippen molar-refractivity contribution in [3.8, 4) is 0 Å². The molecular formula is C23H35N3O7S. The van der Waals surface area contributed by atoms with Crippen LogP contribution in [0.4, 0.5) is 0 Å². The topological polar surface area (TPSA) is 122 Å². The zero-order valence-corrected chi connectivity index (χ0v) is 21.3. The van der Waals surface area contributed by atoms with Crippen LogP contribution in [0, 0.1) is 5.92 Å². The Kier molecular flexibility index (Phi) is 10.0. The summed E-state index contributed by atoms with van der Waals surface area (Å²) in [7, 11) is -3.74. The van der Waals surface area contributed by atoms with E-state index in [1.54, 1.807) is 32.6 Å². The van der Waals surface area contributed by atoms with Gasteiger partial charge in [-0.25, -0.2) is 13.2 Å². The van der Waals surface area contributed by atoms with Crippen molar-refractivity contribution in [2.45, 2.75) is 51.7 Å². The van der Waals surface area contributed by atoms with Crippen LogP contribution in [0.5, 0.6) is 0 Å². The summed E-state index contributed by atoms with van der Waals surface area (Å²) >= 11 is 0. The van der Waals surface area contributed by atoms with Crippen LogP contribution in [0.3, 0.4) is 0 Å².